The molecule has 1 aliphatic rings. The molecule has 0 fully saturated rings. The summed E-state index contributed by atoms with van der Waals surface area (Å²) >= 11 is 0. The van der Waals surface area contributed by atoms with E-state index in [1.165, 1.54) is 30.4 Å². The molecule has 0 bridgehead atoms. The second-order valence-corrected chi connectivity index (χ2v) is 5.60. The lowest BCUT2D eigenvalue weighted by molar-refractivity contribution is 0.281. The highest BCUT2D eigenvalue weighted by atomic mass is 16.5. The number of hydrogen-bond acceptors (Lipinski definition) is 3. The van der Waals surface area contributed by atoms with Crippen molar-refractivity contribution in [2.45, 2.75) is 31.7 Å². The zero-order chi connectivity index (χ0) is 13.7. The van der Waals surface area contributed by atoms with Gasteiger partial charge in [-0.1, -0.05) is 6.07 Å². The molecule has 3 heteroatoms. The van der Waals surface area contributed by atoms with Crippen LogP contribution in [0.15, 0.2) is 18.2 Å². The Morgan fingerprint density at radius 1 is 1.37 bits per heavy atom. The van der Waals surface area contributed by atoms with Crippen LogP contribution < -0.4 is 10.1 Å². The van der Waals surface area contributed by atoms with Gasteiger partial charge in [0.1, 0.15) is 5.75 Å². The lowest BCUT2D eigenvalue weighted by Crippen LogP contribution is -2.21. The van der Waals surface area contributed by atoms with Gasteiger partial charge >= 0.3 is 0 Å². The molecule has 0 saturated heterocycles. The fraction of sp³-hybridized carbons (Fsp3) is 0.625. The van der Waals surface area contributed by atoms with E-state index >= 15 is 0 Å². The minimum absolute atomic E-state index is 0.520. The molecule has 1 atom stereocenters. The summed E-state index contributed by atoms with van der Waals surface area (Å²) < 4.78 is 5.84. The standard InChI is InChI=1S/C16H26N2O/c1-17-16-7-4-6-13-12-14(8-9-15(13)16)19-11-5-10-18(2)3/h8-9,12,16-17H,4-7,10-11H2,1-3H3. The molecule has 0 aromatic heterocycles. The van der Waals surface area contributed by atoms with Gasteiger partial charge in [0.05, 0.1) is 6.61 Å². The fourth-order valence-electron chi connectivity index (χ4n) is 2.75. The number of aryl methyl sites for hydroxylation is 1. The molecule has 0 aliphatic heterocycles. The van der Waals surface area contributed by atoms with Crippen molar-refractivity contribution in [1.82, 2.24) is 10.2 Å². The van der Waals surface area contributed by atoms with E-state index in [1.54, 1.807) is 0 Å². The van der Waals surface area contributed by atoms with Crippen LogP contribution in [0.2, 0.25) is 0 Å². The number of ether oxygens (including phenoxy) is 1. The Hall–Kier alpha value is -1.06. The van der Waals surface area contributed by atoms with Crippen molar-refractivity contribution in [2.24, 2.45) is 0 Å². The molecule has 0 radical (unpaired) electrons. The molecular weight excluding hydrogens is 236 g/mol. The van der Waals surface area contributed by atoms with Gasteiger partial charge in [-0.05, 0) is 70.1 Å². The molecule has 1 aromatic carbocycles. The van der Waals surface area contributed by atoms with Crippen LogP contribution in [-0.2, 0) is 6.42 Å². The largest absolute Gasteiger partial charge is 0.494 e. The SMILES string of the molecule is CNC1CCCc2cc(OCCCN(C)C)ccc21. The first-order chi connectivity index (χ1) is 9.20. The van der Waals surface area contributed by atoms with Crippen LogP contribution in [0, 0.1) is 0 Å². The molecule has 3 nitrogen and oxygen atoms in total. The zero-order valence-electron chi connectivity index (χ0n) is 12.4. The van der Waals surface area contributed by atoms with Gasteiger partial charge in [-0.2, -0.15) is 0 Å². The van der Waals surface area contributed by atoms with Gasteiger partial charge in [0, 0.05) is 12.6 Å². The summed E-state index contributed by atoms with van der Waals surface area (Å²) in [7, 11) is 6.24. The summed E-state index contributed by atoms with van der Waals surface area (Å²) in [5, 5.41) is 3.40. The van der Waals surface area contributed by atoms with Crippen molar-refractivity contribution >= 4 is 0 Å². The number of benzene rings is 1. The average molecular weight is 262 g/mol. The molecule has 1 N–H and O–H groups in total. The fourth-order valence-corrected chi connectivity index (χ4v) is 2.75. The molecule has 0 heterocycles. The molecular formula is C16H26N2O. The van der Waals surface area contributed by atoms with Gasteiger partial charge in [0.2, 0.25) is 0 Å². The second-order valence-electron chi connectivity index (χ2n) is 5.60. The molecule has 0 saturated carbocycles. The Morgan fingerprint density at radius 3 is 2.95 bits per heavy atom. The summed E-state index contributed by atoms with van der Waals surface area (Å²) in [5.41, 5.74) is 2.91. The van der Waals surface area contributed by atoms with Gasteiger partial charge in [-0.3, -0.25) is 0 Å². The summed E-state index contributed by atoms with van der Waals surface area (Å²) in [4.78, 5) is 2.19. The lowest BCUT2D eigenvalue weighted by Gasteiger charge is -2.25. The van der Waals surface area contributed by atoms with Crippen molar-refractivity contribution in [3.8, 4) is 5.75 Å². The van der Waals surface area contributed by atoms with Gasteiger partial charge < -0.3 is 15.0 Å². The minimum Gasteiger partial charge on any atom is -0.494 e. The van der Waals surface area contributed by atoms with Crippen LogP contribution in [0.1, 0.15) is 36.4 Å². The highest BCUT2D eigenvalue weighted by molar-refractivity contribution is 5.39. The molecule has 0 spiro atoms. The van der Waals surface area contributed by atoms with E-state index in [0.29, 0.717) is 6.04 Å². The molecule has 19 heavy (non-hydrogen) atoms. The maximum Gasteiger partial charge on any atom is 0.119 e. The van der Waals surface area contributed by atoms with E-state index in [0.717, 1.165) is 25.3 Å². The van der Waals surface area contributed by atoms with Gasteiger partial charge in [-0.25, -0.2) is 0 Å². The van der Waals surface area contributed by atoms with E-state index < -0.39 is 0 Å². The maximum absolute atomic E-state index is 5.84. The van der Waals surface area contributed by atoms with E-state index in [2.05, 4.69) is 42.5 Å². The molecule has 106 valence electrons. The molecule has 1 unspecified atom stereocenters. The summed E-state index contributed by atoms with van der Waals surface area (Å²) in [5.74, 6) is 1.02. The van der Waals surface area contributed by atoms with Crippen molar-refractivity contribution < 1.29 is 4.74 Å². The Kier molecular flexibility index (Phi) is 5.23. The predicted octanol–water partition coefficient (Wildman–Crippen LogP) is 2.61. The van der Waals surface area contributed by atoms with Crippen LogP contribution in [-0.4, -0.2) is 39.2 Å². The topological polar surface area (TPSA) is 24.5 Å². The zero-order valence-corrected chi connectivity index (χ0v) is 12.4. The normalized spacial score (nSPS) is 18.4. The smallest absolute Gasteiger partial charge is 0.119 e. The monoisotopic (exact) mass is 262 g/mol. The maximum atomic E-state index is 5.84. The van der Waals surface area contributed by atoms with Crippen molar-refractivity contribution in [2.75, 3.05) is 34.3 Å². The van der Waals surface area contributed by atoms with Crippen molar-refractivity contribution in [3.05, 3.63) is 29.3 Å². The Balaban J connectivity index is 1.93. The number of fused-ring (bicyclic) bond motifs is 1. The van der Waals surface area contributed by atoms with Crippen molar-refractivity contribution in [3.63, 3.8) is 0 Å². The Labute approximate surface area is 116 Å². The first-order valence-corrected chi connectivity index (χ1v) is 7.28. The molecule has 2 rings (SSSR count). The highest BCUT2D eigenvalue weighted by Gasteiger charge is 2.18. The van der Waals surface area contributed by atoms with Gasteiger partial charge in [-0.15, -0.1) is 0 Å². The number of hydrogen-bond donors (Lipinski definition) is 1. The quantitative estimate of drug-likeness (QED) is 0.798. The van der Waals surface area contributed by atoms with Crippen LogP contribution in [0.5, 0.6) is 5.75 Å². The summed E-state index contributed by atoms with van der Waals surface area (Å²) in [6.45, 7) is 1.87. The van der Waals surface area contributed by atoms with E-state index in [1.807, 2.05) is 7.05 Å². The van der Waals surface area contributed by atoms with Crippen molar-refractivity contribution in [1.29, 1.82) is 0 Å². The van der Waals surface area contributed by atoms with E-state index in [-0.39, 0.29) is 0 Å². The van der Waals surface area contributed by atoms with Crippen LogP contribution in [0.25, 0.3) is 0 Å². The average Bonchev–Trinajstić information content (AvgIpc) is 2.42. The molecule has 0 amide bonds. The third-order valence-corrected chi connectivity index (χ3v) is 3.80. The number of nitrogens with zero attached hydrogens (tertiary/aromatic N) is 1. The number of nitrogens with one attached hydrogen (secondary N) is 1. The van der Waals surface area contributed by atoms with Crippen LogP contribution >= 0.6 is 0 Å². The predicted molar refractivity (Wildman–Crippen MR) is 79.8 cm³/mol. The van der Waals surface area contributed by atoms with E-state index in [4.69, 9.17) is 4.74 Å². The van der Waals surface area contributed by atoms with Gasteiger partial charge in [0.15, 0.2) is 0 Å². The minimum atomic E-state index is 0.520. The van der Waals surface area contributed by atoms with Crippen LogP contribution in [0.3, 0.4) is 0 Å². The van der Waals surface area contributed by atoms with Gasteiger partial charge in [0.25, 0.3) is 0 Å². The molecule has 1 aliphatic carbocycles. The first-order valence-electron chi connectivity index (χ1n) is 7.28. The third-order valence-electron chi connectivity index (χ3n) is 3.80. The lowest BCUT2D eigenvalue weighted by atomic mass is 9.87. The number of rotatable bonds is 6. The van der Waals surface area contributed by atoms with E-state index in [9.17, 15) is 0 Å². The van der Waals surface area contributed by atoms with Crippen LogP contribution in [0.4, 0.5) is 0 Å². The second kappa shape index (κ2) is 6.92. The molecule has 1 aromatic rings. The Bertz CT molecular complexity index is 404. The summed E-state index contributed by atoms with van der Waals surface area (Å²) in [6, 6.07) is 7.10. The third kappa shape index (κ3) is 3.95. The first kappa shape index (κ1) is 14.4. The summed E-state index contributed by atoms with van der Waals surface area (Å²) in [6.07, 6.45) is 4.76. The Morgan fingerprint density at radius 2 is 2.21 bits per heavy atom. The highest BCUT2D eigenvalue weighted by Crippen LogP contribution is 2.31.